The molecule has 3 fully saturated rings. The summed E-state index contributed by atoms with van der Waals surface area (Å²) in [4.78, 5) is 97.8. The summed E-state index contributed by atoms with van der Waals surface area (Å²) < 4.78 is 0. The molecule has 19 heteroatoms. The van der Waals surface area contributed by atoms with E-state index in [0.29, 0.717) is 73.7 Å². The molecule has 91 heavy (non-hydrogen) atoms. The number of anilines is 3. The van der Waals surface area contributed by atoms with Gasteiger partial charge in [-0.1, -0.05) is 18.2 Å². The van der Waals surface area contributed by atoms with Gasteiger partial charge in [-0.05, 0) is 264 Å². The fourth-order valence-corrected chi connectivity index (χ4v) is 12.6. The van der Waals surface area contributed by atoms with Gasteiger partial charge in [0.1, 0.15) is 23.2 Å². The molecular formula is C72H98N12O7. The van der Waals surface area contributed by atoms with Crippen molar-refractivity contribution < 1.29 is 33.9 Å². The Morgan fingerprint density at radius 1 is 0.462 bits per heavy atom. The number of carboxylic acids is 1. The van der Waals surface area contributed by atoms with Gasteiger partial charge in [0, 0.05) is 83.9 Å². The number of hydrogen-bond donors (Lipinski definition) is 7. The number of ketones is 3. The quantitative estimate of drug-likeness (QED) is 0.0314. The number of aromatic nitrogens is 6. The lowest BCUT2D eigenvalue weighted by atomic mass is 9.96. The zero-order valence-corrected chi connectivity index (χ0v) is 55.0. The molecule has 488 valence electrons. The van der Waals surface area contributed by atoms with Gasteiger partial charge in [-0.3, -0.25) is 43.7 Å². The fraction of sp³-hybridized carbons (Fsp3) is 0.500. The third kappa shape index (κ3) is 24.1. The van der Waals surface area contributed by atoms with Crippen molar-refractivity contribution in [2.75, 3.05) is 17.2 Å². The maximum Gasteiger partial charge on any atom is 0.306 e. The van der Waals surface area contributed by atoms with Crippen molar-refractivity contribution >= 4 is 52.6 Å². The summed E-state index contributed by atoms with van der Waals surface area (Å²) in [5, 5.41) is 14.8. The zero-order chi connectivity index (χ0) is 66.3. The van der Waals surface area contributed by atoms with Gasteiger partial charge >= 0.3 is 5.97 Å². The molecule has 0 aliphatic heterocycles. The number of aliphatic carboxylic acids is 1. The van der Waals surface area contributed by atoms with Crippen LogP contribution in [0.5, 0.6) is 0 Å². The lowest BCUT2D eigenvalue weighted by Gasteiger charge is -2.17. The first-order chi connectivity index (χ1) is 43.3. The van der Waals surface area contributed by atoms with Crippen LogP contribution in [0.1, 0.15) is 165 Å². The second kappa shape index (κ2) is 35.3. The number of carbonyl (C=O) groups is 6. The van der Waals surface area contributed by atoms with Crippen molar-refractivity contribution in [2.24, 2.45) is 41.2 Å². The predicted octanol–water partition coefficient (Wildman–Crippen LogP) is 9.94. The first-order valence-corrected chi connectivity index (χ1v) is 32.4. The van der Waals surface area contributed by atoms with Gasteiger partial charge in [0.2, 0.25) is 11.8 Å². The summed E-state index contributed by atoms with van der Waals surface area (Å²) in [7, 11) is 0. The van der Waals surface area contributed by atoms with Crippen molar-refractivity contribution in [3.63, 3.8) is 0 Å². The predicted molar refractivity (Wildman–Crippen MR) is 357 cm³/mol. The van der Waals surface area contributed by atoms with E-state index in [1.54, 1.807) is 39.0 Å². The average Bonchev–Trinajstić information content (AvgIpc) is 2.69. The van der Waals surface area contributed by atoms with Gasteiger partial charge in [0.25, 0.3) is 0 Å². The number of amides is 2. The van der Waals surface area contributed by atoms with E-state index >= 15 is 0 Å². The zero-order valence-electron chi connectivity index (χ0n) is 55.0. The number of carboxylic acid groups (broad SMARTS) is 1. The molecule has 11 N–H and O–H groups in total. The Morgan fingerprint density at radius 2 is 0.769 bits per heavy atom. The van der Waals surface area contributed by atoms with E-state index in [2.05, 4.69) is 70.9 Å². The normalized spacial score (nSPS) is 19.2. The Labute approximate surface area is 538 Å². The molecule has 0 bridgehead atoms. The largest absolute Gasteiger partial charge is 0.481 e. The molecule has 0 unspecified atom stereocenters. The first-order valence-electron chi connectivity index (χ1n) is 32.4. The highest BCUT2D eigenvalue weighted by atomic mass is 16.4. The topological polar surface area (TPSA) is 328 Å². The Morgan fingerprint density at radius 3 is 1.05 bits per heavy atom. The number of Topliss-reactive ketones (excluding diaryl/α,β-unsaturated/α-hetero) is 3. The van der Waals surface area contributed by atoms with Gasteiger partial charge in [-0.15, -0.1) is 0 Å². The molecule has 6 heterocycles. The summed E-state index contributed by atoms with van der Waals surface area (Å²) in [6.45, 7) is 16.9. The molecule has 0 spiro atoms. The summed E-state index contributed by atoms with van der Waals surface area (Å²) in [5.41, 5.74) is 35.0. The van der Waals surface area contributed by atoms with Crippen molar-refractivity contribution in [3.8, 4) is 0 Å². The Balaban J connectivity index is 0.000000202. The van der Waals surface area contributed by atoms with Crippen molar-refractivity contribution in [1.82, 2.24) is 40.5 Å². The minimum atomic E-state index is -0.631. The van der Waals surface area contributed by atoms with Crippen LogP contribution < -0.4 is 33.6 Å². The van der Waals surface area contributed by atoms with Gasteiger partial charge in [-0.25, -0.2) is 15.0 Å². The minimum Gasteiger partial charge on any atom is -0.481 e. The molecule has 3 saturated carbocycles. The van der Waals surface area contributed by atoms with E-state index in [0.717, 1.165) is 128 Å². The molecule has 3 aliphatic rings. The van der Waals surface area contributed by atoms with E-state index in [1.165, 1.54) is 16.7 Å². The summed E-state index contributed by atoms with van der Waals surface area (Å²) >= 11 is 0. The van der Waals surface area contributed by atoms with E-state index in [9.17, 15) is 28.8 Å². The monoisotopic (exact) mass is 1240 g/mol. The van der Waals surface area contributed by atoms with Crippen LogP contribution in [0.15, 0.2) is 91.4 Å². The number of nitrogens with two attached hydrogens (primary N) is 4. The number of rotatable bonds is 23. The average molecular weight is 1240 g/mol. The molecule has 19 nitrogen and oxygen atoms in total. The van der Waals surface area contributed by atoms with Crippen LogP contribution in [0.25, 0.3) is 0 Å². The highest BCUT2D eigenvalue weighted by molar-refractivity contribution is 5.90. The molecule has 0 saturated heterocycles. The molecule has 0 radical (unpaired) electrons. The standard InChI is InChI=1S/2C24H32N4O2.C13H17NO2.C11H17N3O/c2*1-15-12-19(10-11-26-15)13-18-4-5-21(14-18)24(30)28-17(3)22(29)8-6-20-7-9-23(25)27-16(20)2;1-9-6-11(4-5-14-9)7-10-2-3-12(8-10)13(15)16;1-7(12)10(15)5-3-9-4-6-11(13)14-8(9)2/h2*7,9-12,17-18,21H,4-6,8,13-14H2,1-3H3,(H2,25,27)(H,28,30);4-6,10,12H,2-3,7-8H2,1H3,(H,15,16);4,6-7H,3,5,12H2,1-2H3,(H2,13,14)/t2*17-,18-,21+;10-,12+;7-/m0000/s1. The Kier molecular flexibility index (Phi) is 27.9. The Bertz CT molecular complexity index is 3280. The maximum atomic E-state index is 12.7. The SMILES string of the molecule is Cc1cc(C[C@@H]2CC[C@@H](C(=O)N[C@@H](C)C(=O)CCc3ccc(N)nc3C)C2)ccn1.Cc1cc(C[C@@H]2CC[C@@H](C(=O)N[C@@H](C)C(=O)CCc3ccc(N)nc3C)C2)ccn1.Cc1cc(C[C@@H]2CC[C@@H](C(=O)O)C2)ccn1.Cc1nc(N)ccc1CCC(=O)[C@H](C)N. The van der Waals surface area contributed by atoms with Crippen LogP contribution in [-0.2, 0) is 67.3 Å². The molecule has 0 aromatic carbocycles. The molecule has 2 amide bonds. The Hall–Kier alpha value is -8.32. The summed E-state index contributed by atoms with van der Waals surface area (Å²) in [6.07, 6.45) is 19.9. The molecule has 9 atom stereocenters. The minimum absolute atomic E-state index is 0.00303. The maximum absolute atomic E-state index is 12.7. The fourth-order valence-electron chi connectivity index (χ4n) is 12.6. The van der Waals surface area contributed by atoms with Crippen molar-refractivity contribution in [2.45, 2.75) is 196 Å². The van der Waals surface area contributed by atoms with Crippen LogP contribution in [0, 0.1) is 77.0 Å². The number of pyridine rings is 6. The molecule has 6 aromatic rings. The van der Waals surface area contributed by atoms with E-state index < -0.39 is 18.1 Å². The van der Waals surface area contributed by atoms with Gasteiger partial charge in [0.05, 0.1) is 24.0 Å². The number of hydrogen-bond acceptors (Lipinski definition) is 16. The van der Waals surface area contributed by atoms with Crippen LogP contribution in [-0.4, -0.2) is 88.3 Å². The molecule has 3 aliphatic carbocycles. The molecule has 6 aromatic heterocycles. The van der Waals surface area contributed by atoms with Crippen LogP contribution in [0.4, 0.5) is 17.5 Å². The number of nitrogen functional groups attached to an aromatic ring is 3. The van der Waals surface area contributed by atoms with Crippen LogP contribution >= 0.6 is 0 Å². The van der Waals surface area contributed by atoms with E-state index in [4.69, 9.17) is 28.0 Å². The second-order valence-electron chi connectivity index (χ2n) is 25.6. The van der Waals surface area contributed by atoms with Crippen LogP contribution in [0.2, 0.25) is 0 Å². The van der Waals surface area contributed by atoms with Crippen LogP contribution in [0.3, 0.4) is 0 Å². The van der Waals surface area contributed by atoms with Crippen molar-refractivity contribution in [1.29, 1.82) is 0 Å². The third-order valence-electron chi connectivity index (χ3n) is 17.9. The number of nitrogens with one attached hydrogen (secondary N) is 2. The number of aryl methyl sites for hydroxylation is 9. The van der Waals surface area contributed by atoms with Gasteiger partial charge < -0.3 is 38.7 Å². The second-order valence-corrected chi connectivity index (χ2v) is 25.6. The molecule has 9 rings (SSSR count). The van der Waals surface area contributed by atoms with Gasteiger partial charge in [-0.2, -0.15) is 0 Å². The lowest BCUT2D eigenvalue weighted by molar-refractivity contribution is -0.141. The number of carbonyl (C=O) groups excluding carboxylic acids is 5. The van der Waals surface area contributed by atoms with Gasteiger partial charge in [0.15, 0.2) is 11.6 Å². The van der Waals surface area contributed by atoms with E-state index in [-0.39, 0.29) is 53.0 Å². The first kappa shape index (κ1) is 71.8. The lowest BCUT2D eigenvalue weighted by Crippen LogP contribution is -2.41. The summed E-state index contributed by atoms with van der Waals surface area (Å²) in [6, 6.07) is 22.1. The molecular weight excluding hydrogens is 1140 g/mol. The van der Waals surface area contributed by atoms with E-state index in [1.807, 2.05) is 84.4 Å². The van der Waals surface area contributed by atoms with Crippen molar-refractivity contribution in [3.05, 3.63) is 159 Å². The third-order valence-corrected chi connectivity index (χ3v) is 17.9. The highest BCUT2D eigenvalue weighted by Gasteiger charge is 2.33. The summed E-state index contributed by atoms with van der Waals surface area (Å²) in [5.74, 6) is 2.45. The number of nitrogens with zero attached hydrogens (tertiary/aromatic N) is 6. The highest BCUT2D eigenvalue weighted by Crippen LogP contribution is 2.36. The smallest absolute Gasteiger partial charge is 0.306 e.